The van der Waals surface area contributed by atoms with Crippen LogP contribution in [0.3, 0.4) is 0 Å². The number of hydrazone groups is 2. The molecule has 0 saturated carbocycles. The zero-order valence-electron chi connectivity index (χ0n) is 15.3. The van der Waals surface area contributed by atoms with Crippen LogP contribution in [0, 0.1) is 0 Å². The van der Waals surface area contributed by atoms with E-state index in [4.69, 9.17) is 0 Å². The molecule has 2 aromatic carbocycles. The molecule has 0 fully saturated rings. The lowest BCUT2D eigenvalue weighted by atomic mass is 10.2. The van der Waals surface area contributed by atoms with Crippen LogP contribution in [-0.4, -0.2) is 54.9 Å². The Balaban J connectivity index is 1.79. The van der Waals surface area contributed by atoms with Gasteiger partial charge in [-0.1, -0.05) is 0 Å². The predicted molar refractivity (Wildman–Crippen MR) is 104 cm³/mol. The van der Waals surface area contributed by atoms with Crippen LogP contribution in [0.5, 0.6) is 34.5 Å². The molecule has 2 amide bonds. The summed E-state index contributed by atoms with van der Waals surface area (Å²) in [6.07, 6.45) is 1.60. The van der Waals surface area contributed by atoms with Crippen molar-refractivity contribution < 1.29 is 40.2 Å². The Bertz CT molecular complexity index is 938. The summed E-state index contributed by atoms with van der Waals surface area (Å²) in [6.45, 7) is 0. The maximum absolute atomic E-state index is 11.7. The predicted octanol–water partition coefficient (Wildman–Crippen LogP) is 0.301. The first-order valence-corrected chi connectivity index (χ1v) is 8.32. The SMILES string of the molecule is O=C(CCC(=O)N/N=C/c1ccc(O)c(O)c1O)N/N=C/c1ccc(O)c(O)c1O. The van der Waals surface area contributed by atoms with Crippen LogP contribution >= 0.6 is 0 Å². The molecule has 0 atom stereocenters. The molecule has 0 aliphatic carbocycles. The first-order valence-electron chi connectivity index (χ1n) is 8.32. The molecule has 0 unspecified atom stereocenters. The van der Waals surface area contributed by atoms with Crippen molar-refractivity contribution in [1.82, 2.24) is 10.9 Å². The fourth-order valence-corrected chi connectivity index (χ4v) is 2.06. The number of nitrogens with one attached hydrogen (secondary N) is 2. The number of phenols is 6. The quantitative estimate of drug-likeness (QED) is 0.178. The summed E-state index contributed by atoms with van der Waals surface area (Å²) in [5, 5.41) is 63.6. The van der Waals surface area contributed by atoms with Crippen molar-refractivity contribution in [3.8, 4) is 34.5 Å². The van der Waals surface area contributed by atoms with Crippen molar-refractivity contribution in [3.05, 3.63) is 35.4 Å². The van der Waals surface area contributed by atoms with Crippen molar-refractivity contribution in [2.24, 2.45) is 10.2 Å². The molecule has 0 bridgehead atoms. The van der Waals surface area contributed by atoms with Gasteiger partial charge >= 0.3 is 0 Å². The van der Waals surface area contributed by atoms with Gasteiger partial charge < -0.3 is 30.6 Å². The van der Waals surface area contributed by atoms with Crippen LogP contribution in [-0.2, 0) is 9.59 Å². The first-order chi connectivity index (χ1) is 14.2. The monoisotopic (exact) mass is 418 g/mol. The van der Waals surface area contributed by atoms with Gasteiger partial charge in [0.1, 0.15) is 0 Å². The third-order valence-corrected chi connectivity index (χ3v) is 3.69. The minimum atomic E-state index is -0.724. The molecular formula is C18H18N4O8. The number of nitrogens with zero attached hydrogens (tertiary/aromatic N) is 2. The van der Waals surface area contributed by atoms with Crippen molar-refractivity contribution >= 4 is 24.2 Å². The zero-order valence-corrected chi connectivity index (χ0v) is 15.3. The van der Waals surface area contributed by atoms with Crippen molar-refractivity contribution in [3.63, 3.8) is 0 Å². The average molecular weight is 418 g/mol. The highest BCUT2D eigenvalue weighted by Crippen LogP contribution is 2.36. The Kier molecular flexibility index (Phi) is 7.01. The number of hydrogen-bond donors (Lipinski definition) is 8. The largest absolute Gasteiger partial charge is 0.504 e. The van der Waals surface area contributed by atoms with Gasteiger partial charge in [0.05, 0.1) is 12.4 Å². The molecule has 158 valence electrons. The van der Waals surface area contributed by atoms with E-state index in [0.717, 1.165) is 24.6 Å². The molecule has 0 radical (unpaired) electrons. The summed E-state index contributed by atoms with van der Waals surface area (Å²) in [4.78, 5) is 23.3. The lowest BCUT2D eigenvalue weighted by Gasteiger charge is -2.04. The molecule has 8 N–H and O–H groups in total. The minimum Gasteiger partial charge on any atom is -0.504 e. The summed E-state index contributed by atoms with van der Waals surface area (Å²) >= 11 is 0. The number of aromatic hydroxyl groups is 6. The van der Waals surface area contributed by atoms with Crippen LogP contribution in [0.2, 0.25) is 0 Å². The topological polar surface area (TPSA) is 204 Å². The third-order valence-electron chi connectivity index (χ3n) is 3.69. The van der Waals surface area contributed by atoms with E-state index in [1.165, 1.54) is 12.1 Å². The van der Waals surface area contributed by atoms with Gasteiger partial charge in [0.15, 0.2) is 23.0 Å². The Hall–Kier alpha value is -4.48. The van der Waals surface area contributed by atoms with E-state index in [2.05, 4.69) is 21.1 Å². The molecular weight excluding hydrogens is 400 g/mol. The van der Waals surface area contributed by atoms with E-state index in [1.54, 1.807) is 0 Å². The van der Waals surface area contributed by atoms with Gasteiger partial charge in [0.2, 0.25) is 23.3 Å². The molecule has 12 nitrogen and oxygen atoms in total. The molecule has 2 rings (SSSR count). The number of carbonyl (C=O) groups is 2. The molecule has 0 aliphatic rings. The number of phenolic OH excluding ortho intramolecular Hbond substituents is 6. The maximum Gasteiger partial charge on any atom is 0.240 e. The van der Waals surface area contributed by atoms with Crippen molar-refractivity contribution in [2.45, 2.75) is 12.8 Å². The fraction of sp³-hybridized carbons (Fsp3) is 0.111. The van der Waals surface area contributed by atoms with Crippen molar-refractivity contribution in [2.75, 3.05) is 0 Å². The number of rotatable bonds is 7. The van der Waals surface area contributed by atoms with Gasteiger partial charge in [-0.25, -0.2) is 10.9 Å². The third kappa shape index (κ3) is 5.51. The highest BCUT2D eigenvalue weighted by atomic mass is 16.3. The molecule has 0 aromatic heterocycles. The van der Waals surface area contributed by atoms with Gasteiger partial charge in [-0.15, -0.1) is 0 Å². The summed E-state index contributed by atoms with van der Waals surface area (Å²) in [5.74, 6) is -4.93. The lowest BCUT2D eigenvalue weighted by Crippen LogP contribution is -2.22. The second-order valence-corrected chi connectivity index (χ2v) is 5.83. The maximum atomic E-state index is 11.7. The first kappa shape index (κ1) is 21.8. The molecule has 2 aromatic rings. The average Bonchev–Trinajstić information content (AvgIpc) is 2.72. The van der Waals surface area contributed by atoms with E-state index in [9.17, 15) is 40.2 Å². The summed E-state index contributed by atoms with van der Waals surface area (Å²) < 4.78 is 0. The standard InChI is InChI=1S/C18H18N4O8/c23-11-3-1-9(15(27)17(11)29)7-19-21-13(25)5-6-14(26)22-20-8-10-2-4-12(24)18(30)16(10)28/h1-4,7-8,23-24,27-30H,5-6H2,(H,21,25)(H,22,26)/b19-7+,20-8+. The van der Waals surface area contributed by atoms with Crippen LogP contribution in [0.15, 0.2) is 34.5 Å². The second-order valence-electron chi connectivity index (χ2n) is 5.83. The Labute approximate surface area is 169 Å². The summed E-state index contributed by atoms with van der Waals surface area (Å²) in [5.41, 5.74) is 4.33. The molecule has 30 heavy (non-hydrogen) atoms. The lowest BCUT2D eigenvalue weighted by molar-refractivity contribution is -0.126. The molecule has 0 spiro atoms. The van der Waals surface area contributed by atoms with E-state index in [0.29, 0.717) is 0 Å². The van der Waals surface area contributed by atoms with Gasteiger partial charge in [0.25, 0.3) is 0 Å². The molecule has 0 heterocycles. The van der Waals surface area contributed by atoms with Gasteiger partial charge in [-0.2, -0.15) is 10.2 Å². The van der Waals surface area contributed by atoms with Crippen LogP contribution in [0.25, 0.3) is 0 Å². The number of carbonyl (C=O) groups excluding carboxylic acids is 2. The van der Waals surface area contributed by atoms with E-state index >= 15 is 0 Å². The summed E-state index contributed by atoms with van der Waals surface area (Å²) in [6, 6.07) is 4.78. The number of hydrogen-bond acceptors (Lipinski definition) is 10. The van der Waals surface area contributed by atoms with Crippen LogP contribution < -0.4 is 10.9 Å². The molecule has 0 saturated heterocycles. The second kappa shape index (κ2) is 9.64. The molecule has 0 aliphatic heterocycles. The van der Waals surface area contributed by atoms with Gasteiger partial charge in [-0.3, -0.25) is 9.59 Å². The van der Waals surface area contributed by atoms with Gasteiger partial charge in [-0.05, 0) is 24.3 Å². The normalized spacial score (nSPS) is 11.1. The van der Waals surface area contributed by atoms with E-state index < -0.39 is 46.3 Å². The minimum absolute atomic E-state index is 0.0428. The highest BCUT2D eigenvalue weighted by Gasteiger charge is 2.11. The fourth-order valence-electron chi connectivity index (χ4n) is 2.06. The highest BCUT2D eigenvalue weighted by molar-refractivity contribution is 5.89. The van der Waals surface area contributed by atoms with Crippen molar-refractivity contribution in [1.29, 1.82) is 0 Å². The zero-order chi connectivity index (χ0) is 22.3. The molecule has 12 heteroatoms. The van der Waals surface area contributed by atoms with Gasteiger partial charge in [0, 0.05) is 24.0 Å². The Morgan fingerprint density at radius 1 is 0.667 bits per heavy atom. The van der Waals surface area contributed by atoms with E-state index in [-0.39, 0.29) is 24.0 Å². The number of benzene rings is 2. The smallest absolute Gasteiger partial charge is 0.240 e. The summed E-state index contributed by atoms with van der Waals surface area (Å²) in [7, 11) is 0. The number of amides is 2. The Morgan fingerprint density at radius 2 is 1.03 bits per heavy atom. The Morgan fingerprint density at radius 3 is 1.40 bits per heavy atom. The van der Waals surface area contributed by atoms with Crippen LogP contribution in [0.4, 0.5) is 0 Å². The van der Waals surface area contributed by atoms with Crippen LogP contribution in [0.1, 0.15) is 24.0 Å². The van der Waals surface area contributed by atoms with E-state index in [1.807, 2.05) is 0 Å².